The molecule has 0 amide bonds. The Labute approximate surface area is 98.9 Å². The number of hydrogen-bond acceptors (Lipinski definition) is 2. The standard InChI is InChI=1S/C13H14O4/c14-11(15)9-3-5-10(6-4-9)13(12(16)17)7-1-2-8-13/h3-6H,1-2,7-8H2,(H,14,15)(H,16,17). The van der Waals surface area contributed by atoms with E-state index in [-0.39, 0.29) is 5.56 Å². The average Bonchev–Trinajstić information content (AvgIpc) is 2.79. The first kappa shape index (κ1) is 11.6. The van der Waals surface area contributed by atoms with Crippen molar-refractivity contribution < 1.29 is 19.8 Å². The molecule has 0 bridgehead atoms. The summed E-state index contributed by atoms with van der Waals surface area (Å²) in [4.78, 5) is 22.2. The zero-order valence-electron chi connectivity index (χ0n) is 9.35. The Morgan fingerprint density at radius 2 is 1.53 bits per heavy atom. The molecule has 4 nitrogen and oxygen atoms in total. The maximum Gasteiger partial charge on any atom is 0.335 e. The molecule has 4 heteroatoms. The van der Waals surface area contributed by atoms with Crippen LogP contribution in [0.3, 0.4) is 0 Å². The van der Waals surface area contributed by atoms with E-state index in [0.29, 0.717) is 18.4 Å². The third-order valence-corrected chi connectivity index (χ3v) is 3.55. The number of aromatic carboxylic acids is 1. The van der Waals surface area contributed by atoms with Gasteiger partial charge in [0.15, 0.2) is 0 Å². The fourth-order valence-corrected chi connectivity index (χ4v) is 2.54. The van der Waals surface area contributed by atoms with Crippen LogP contribution in [-0.2, 0) is 10.2 Å². The van der Waals surface area contributed by atoms with Crippen LogP contribution in [0, 0.1) is 0 Å². The van der Waals surface area contributed by atoms with Crippen molar-refractivity contribution in [3.8, 4) is 0 Å². The zero-order valence-corrected chi connectivity index (χ0v) is 9.35. The molecule has 90 valence electrons. The fraction of sp³-hybridized carbons (Fsp3) is 0.385. The van der Waals surface area contributed by atoms with Crippen LogP contribution in [0.15, 0.2) is 24.3 Å². The van der Waals surface area contributed by atoms with Crippen LogP contribution >= 0.6 is 0 Å². The molecule has 0 saturated heterocycles. The summed E-state index contributed by atoms with van der Waals surface area (Å²) in [5.74, 6) is -1.80. The van der Waals surface area contributed by atoms with Crippen LogP contribution in [0.1, 0.15) is 41.6 Å². The molecule has 17 heavy (non-hydrogen) atoms. The summed E-state index contributed by atoms with van der Waals surface area (Å²) in [5.41, 5.74) is 0.0941. The second-order valence-corrected chi connectivity index (χ2v) is 4.48. The largest absolute Gasteiger partial charge is 0.481 e. The molecule has 0 heterocycles. The van der Waals surface area contributed by atoms with Gasteiger partial charge in [0.1, 0.15) is 0 Å². The third-order valence-electron chi connectivity index (χ3n) is 3.55. The molecule has 1 aromatic carbocycles. The first-order valence-electron chi connectivity index (χ1n) is 5.63. The van der Waals surface area contributed by atoms with Gasteiger partial charge in [-0.25, -0.2) is 4.79 Å². The minimum absolute atomic E-state index is 0.187. The summed E-state index contributed by atoms with van der Waals surface area (Å²) in [5, 5.41) is 18.2. The molecule has 0 aromatic heterocycles. The van der Waals surface area contributed by atoms with Crippen molar-refractivity contribution >= 4 is 11.9 Å². The Kier molecular flexibility index (Phi) is 2.88. The van der Waals surface area contributed by atoms with E-state index in [1.54, 1.807) is 12.1 Å². The average molecular weight is 234 g/mol. The molecule has 0 spiro atoms. The van der Waals surface area contributed by atoms with Gasteiger partial charge in [-0.3, -0.25) is 4.79 Å². The number of rotatable bonds is 3. The number of hydrogen-bond donors (Lipinski definition) is 2. The van der Waals surface area contributed by atoms with Crippen molar-refractivity contribution in [2.45, 2.75) is 31.1 Å². The third kappa shape index (κ3) is 1.90. The van der Waals surface area contributed by atoms with E-state index < -0.39 is 17.4 Å². The van der Waals surface area contributed by atoms with E-state index in [1.165, 1.54) is 12.1 Å². The van der Waals surface area contributed by atoms with Gasteiger partial charge in [-0.05, 0) is 30.5 Å². The number of carboxylic acids is 2. The summed E-state index contributed by atoms with van der Waals surface area (Å²) in [6.07, 6.45) is 3.09. The molecular weight excluding hydrogens is 220 g/mol. The highest BCUT2D eigenvalue weighted by atomic mass is 16.4. The van der Waals surface area contributed by atoms with Crippen LogP contribution in [0.5, 0.6) is 0 Å². The lowest BCUT2D eigenvalue weighted by atomic mass is 9.79. The van der Waals surface area contributed by atoms with Gasteiger partial charge in [0.25, 0.3) is 0 Å². The minimum atomic E-state index is -0.993. The van der Waals surface area contributed by atoms with Crippen molar-refractivity contribution in [3.63, 3.8) is 0 Å². The topological polar surface area (TPSA) is 74.6 Å². The molecule has 1 aliphatic carbocycles. The van der Waals surface area contributed by atoms with Gasteiger partial charge < -0.3 is 10.2 Å². The first-order valence-corrected chi connectivity index (χ1v) is 5.63. The van der Waals surface area contributed by atoms with Crippen molar-refractivity contribution in [1.82, 2.24) is 0 Å². The molecule has 0 radical (unpaired) electrons. The summed E-state index contributed by atoms with van der Waals surface area (Å²) in [6.45, 7) is 0. The predicted molar refractivity (Wildman–Crippen MR) is 61.2 cm³/mol. The van der Waals surface area contributed by atoms with Gasteiger partial charge in [0.2, 0.25) is 0 Å². The lowest BCUT2D eigenvalue weighted by molar-refractivity contribution is -0.143. The van der Waals surface area contributed by atoms with Crippen LogP contribution in [-0.4, -0.2) is 22.2 Å². The van der Waals surface area contributed by atoms with Gasteiger partial charge >= 0.3 is 11.9 Å². The number of benzene rings is 1. The molecule has 2 N–H and O–H groups in total. The van der Waals surface area contributed by atoms with Crippen LogP contribution in [0.25, 0.3) is 0 Å². The highest BCUT2D eigenvalue weighted by molar-refractivity contribution is 5.88. The monoisotopic (exact) mass is 234 g/mol. The van der Waals surface area contributed by atoms with Gasteiger partial charge in [-0.2, -0.15) is 0 Å². The molecule has 1 aromatic rings. The second-order valence-electron chi connectivity index (χ2n) is 4.48. The quantitative estimate of drug-likeness (QED) is 0.841. The summed E-state index contributed by atoms with van der Waals surface area (Å²) in [7, 11) is 0. The summed E-state index contributed by atoms with van der Waals surface area (Å²) < 4.78 is 0. The maximum absolute atomic E-state index is 11.4. The summed E-state index contributed by atoms with van der Waals surface area (Å²) >= 11 is 0. The Balaban J connectivity index is 2.38. The van der Waals surface area contributed by atoms with Crippen LogP contribution in [0.4, 0.5) is 0 Å². The summed E-state index contributed by atoms with van der Waals surface area (Å²) in [6, 6.07) is 6.20. The van der Waals surface area contributed by atoms with E-state index in [9.17, 15) is 14.7 Å². The predicted octanol–water partition coefficient (Wildman–Crippen LogP) is 2.28. The van der Waals surface area contributed by atoms with Crippen molar-refractivity contribution in [2.75, 3.05) is 0 Å². The highest BCUT2D eigenvalue weighted by Crippen LogP contribution is 2.41. The molecule has 2 rings (SSSR count). The molecule has 1 saturated carbocycles. The van der Waals surface area contributed by atoms with E-state index in [2.05, 4.69) is 0 Å². The minimum Gasteiger partial charge on any atom is -0.481 e. The van der Waals surface area contributed by atoms with Crippen molar-refractivity contribution in [2.24, 2.45) is 0 Å². The van der Waals surface area contributed by atoms with Gasteiger partial charge in [-0.1, -0.05) is 25.0 Å². The maximum atomic E-state index is 11.4. The molecule has 0 aliphatic heterocycles. The van der Waals surface area contributed by atoms with Gasteiger partial charge in [0.05, 0.1) is 11.0 Å². The Morgan fingerprint density at radius 1 is 1.00 bits per heavy atom. The number of carbonyl (C=O) groups is 2. The molecule has 0 unspecified atom stereocenters. The SMILES string of the molecule is O=C(O)c1ccc(C2(C(=O)O)CCCC2)cc1. The van der Waals surface area contributed by atoms with E-state index in [4.69, 9.17) is 5.11 Å². The lowest BCUT2D eigenvalue weighted by Gasteiger charge is -2.24. The number of aliphatic carboxylic acids is 1. The highest BCUT2D eigenvalue weighted by Gasteiger charge is 2.42. The normalized spacial score (nSPS) is 17.9. The Hall–Kier alpha value is -1.84. The smallest absolute Gasteiger partial charge is 0.335 e. The van der Waals surface area contributed by atoms with Crippen LogP contribution < -0.4 is 0 Å². The van der Waals surface area contributed by atoms with E-state index in [0.717, 1.165) is 12.8 Å². The zero-order chi connectivity index (χ0) is 12.5. The Morgan fingerprint density at radius 3 is 1.94 bits per heavy atom. The van der Waals surface area contributed by atoms with E-state index in [1.807, 2.05) is 0 Å². The van der Waals surface area contributed by atoms with Crippen molar-refractivity contribution in [1.29, 1.82) is 0 Å². The molecular formula is C13H14O4. The van der Waals surface area contributed by atoms with Crippen LogP contribution in [0.2, 0.25) is 0 Å². The lowest BCUT2D eigenvalue weighted by Crippen LogP contribution is -2.32. The first-order chi connectivity index (χ1) is 8.06. The van der Waals surface area contributed by atoms with Gasteiger partial charge in [-0.15, -0.1) is 0 Å². The number of carboxylic acid groups (broad SMARTS) is 2. The molecule has 1 fully saturated rings. The van der Waals surface area contributed by atoms with E-state index >= 15 is 0 Å². The van der Waals surface area contributed by atoms with Gasteiger partial charge in [0, 0.05) is 0 Å². The fourth-order valence-electron chi connectivity index (χ4n) is 2.54. The second kappa shape index (κ2) is 4.20. The molecule has 1 aliphatic rings. The van der Waals surface area contributed by atoms with Crippen molar-refractivity contribution in [3.05, 3.63) is 35.4 Å². The molecule has 0 atom stereocenters. The Bertz CT molecular complexity index is 441.